The van der Waals surface area contributed by atoms with Gasteiger partial charge in [0.2, 0.25) is 0 Å². The third-order valence-electron chi connectivity index (χ3n) is 5.21. The molecule has 0 aliphatic carbocycles. The summed E-state index contributed by atoms with van der Waals surface area (Å²) in [4.78, 5) is 30.4. The summed E-state index contributed by atoms with van der Waals surface area (Å²) in [5.41, 5.74) is 3.40. The normalized spacial score (nSPS) is 13.9. The molecule has 0 spiro atoms. The number of likely N-dealkylation sites (N-methyl/N-ethyl adjacent to an activating group) is 1. The van der Waals surface area contributed by atoms with E-state index in [1.165, 1.54) is 4.90 Å². The first kappa shape index (κ1) is 21.2. The zero-order chi connectivity index (χ0) is 22.1. The molecule has 0 saturated carbocycles. The number of para-hydroxylation sites is 1. The van der Waals surface area contributed by atoms with Crippen molar-refractivity contribution in [3.05, 3.63) is 99.7 Å². The number of carbonyl (C=O) groups excluding carboxylic acids is 2. The third-order valence-corrected chi connectivity index (χ3v) is 5.75. The van der Waals surface area contributed by atoms with E-state index in [0.29, 0.717) is 33.5 Å². The van der Waals surface area contributed by atoms with Crippen molar-refractivity contribution >= 4 is 52.0 Å². The molecular weight excluding hydrogens is 431 g/mol. The fourth-order valence-electron chi connectivity index (χ4n) is 3.71. The fourth-order valence-corrected chi connectivity index (χ4v) is 4.21. The Labute approximate surface area is 191 Å². The van der Waals surface area contributed by atoms with Crippen LogP contribution < -0.4 is 9.80 Å². The molecule has 6 heteroatoms. The van der Waals surface area contributed by atoms with Gasteiger partial charge in [-0.05, 0) is 50.2 Å². The molecule has 1 aliphatic rings. The van der Waals surface area contributed by atoms with Crippen LogP contribution in [0.4, 0.5) is 11.4 Å². The van der Waals surface area contributed by atoms with E-state index in [1.54, 1.807) is 30.3 Å². The van der Waals surface area contributed by atoms with Crippen LogP contribution >= 0.6 is 23.2 Å². The van der Waals surface area contributed by atoms with E-state index in [0.717, 1.165) is 11.3 Å². The van der Waals surface area contributed by atoms with E-state index >= 15 is 0 Å². The highest BCUT2D eigenvalue weighted by atomic mass is 35.5. The number of hydrogen-bond donors (Lipinski definition) is 0. The number of nitrogens with zero attached hydrogens (tertiary/aromatic N) is 2. The second-order valence-electron chi connectivity index (χ2n) is 7.21. The van der Waals surface area contributed by atoms with Crippen molar-refractivity contribution in [2.75, 3.05) is 16.3 Å². The topological polar surface area (TPSA) is 40.6 Å². The minimum atomic E-state index is -0.414. The molecule has 3 aromatic carbocycles. The fraction of sp³-hybridized carbons (Fsp3) is 0.120. The number of hydrogen-bond acceptors (Lipinski definition) is 3. The molecule has 0 radical (unpaired) electrons. The number of anilines is 2. The molecule has 1 heterocycles. The maximum absolute atomic E-state index is 13.7. The second kappa shape index (κ2) is 8.58. The summed E-state index contributed by atoms with van der Waals surface area (Å²) in [7, 11) is 0. The van der Waals surface area contributed by atoms with Crippen molar-refractivity contribution in [1.82, 2.24) is 0 Å². The molecule has 0 saturated heterocycles. The predicted molar refractivity (Wildman–Crippen MR) is 127 cm³/mol. The van der Waals surface area contributed by atoms with Crippen LogP contribution in [0.15, 0.2) is 78.5 Å². The summed E-state index contributed by atoms with van der Waals surface area (Å²) < 4.78 is 0. The first-order chi connectivity index (χ1) is 14.9. The van der Waals surface area contributed by atoms with Crippen molar-refractivity contribution in [1.29, 1.82) is 0 Å². The summed E-state index contributed by atoms with van der Waals surface area (Å²) in [5, 5.41) is 0.773. The maximum atomic E-state index is 13.7. The Morgan fingerprint density at radius 3 is 2.16 bits per heavy atom. The van der Waals surface area contributed by atoms with Gasteiger partial charge < -0.3 is 4.90 Å². The van der Waals surface area contributed by atoms with Crippen LogP contribution in [-0.4, -0.2) is 18.4 Å². The molecule has 2 amide bonds. The van der Waals surface area contributed by atoms with E-state index in [1.807, 2.05) is 61.2 Å². The summed E-state index contributed by atoms with van der Waals surface area (Å²) in [5.74, 6) is -0.803. The Bertz CT molecular complexity index is 1190. The molecule has 0 aromatic heterocycles. The average Bonchev–Trinajstić information content (AvgIpc) is 3.01. The highest BCUT2D eigenvalue weighted by Crippen LogP contribution is 2.39. The number of amides is 2. The van der Waals surface area contributed by atoms with Gasteiger partial charge in [0.1, 0.15) is 5.70 Å². The molecule has 4 nitrogen and oxygen atoms in total. The van der Waals surface area contributed by atoms with Gasteiger partial charge in [0.05, 0.1) is 16.3 Å². The number of halogens is 2. The molecule has 0 N–H and O–H groups in total. The number of benzene rings is 3. The Hall–Kier alpha value is -3.08. The third kappa shape index (κ3) is 3.85. The summed E-state index contributed by atoms with van der Waals surface area (Å²) >= 11 is 12.6. The van der Waals surface area contributed by atoms with Crippen LogP contribution in [-0.2, 0) is 9.59 Å². The SMILES string of the molecule is CCN(C1=C(c2ccc(Cl)cc2Cl)C(=O)N(c2ccc(C)cc2)C1=O)c1ccccc1. The quantitative estimate of drug-likeness (QED) is 0.440. The molecule has 1 aliphatic heterocycles. The smallest absolute Gasteiger partial charge is 0.282 e. The van der Waals surface area contributed by atoms with Gasteiger partial charge in [0, 0.05) is 22.8 Å². The maximum Gasteiger partial charge on any atom is 0.282 e. The van der Waals surface area contributed by atoms with Crippen LogP contribution in [0.3, 0.4) is 0 Å². The summed E-state index contributed by atoms with van der Waals surface area (Å²) in [6.07, 6.45) is 0. The Kier molecular flexibility index (Phi) is 5.86. The van der Waals surface area contributed by atoms with Crippen molar-refractivity contribution in [3.8, 4) is 0 Å². The van der Waals surface area contributed by atoms with Gasteiger partial charge in [-0.15, -0.1) is 0 Å². The van der Waals surface area contributed by atoms with Gasteiger partial charge in [0.15, 0.2) is 0 Å². The lowest BCUT2D eigenvalue weighted by Gasteiger charge is -2.25. The Morgan fingerprint density at radius 2 is 1.55 bits per heavy atom. The van der Waals surface area contributed by atoms with Crippen LogP contribution in [0.5, 0.6) is 0 Å². The molecular formula is C25H20Cl2N2O2. The van der Waals surface area contributed by atoms with Crippen LogP contribution in [0.1, 0.15) is 18.1 Å². The minimum absolute atomic E-state index is 0.262. The standard InChI is InChI=1S/C25H20Cl2N2O2/c1-3-28(18-7-5-4-6-8-18)23-22(20-14-11-17(26)15-21(20)27)24(30)29(25(23)31)19-12-9-16(2)10-13-19/h4-15H,3H2,1-2H3. The van der Waals surface area contributed by atoms with Gasteiger partial charge in [0.25, 0.3) is 11.8 Å². The Morgan fingerprint density at radius 1 is 0.871 bits per heavy atom. The van der Waals surface area contributed by atoms with Crippen LogP contribution in [0.2, 0.25) is 10.0 Å². The van der Waals surface area contributed by atoms with Crippen molar-refractivity contribution in [2.45, 2.75) is 13.8 Å². The molecule has 0 unspecified atom stereocenters. The van der Waals surface area contributed by atoms with Gasteiger partial charge in [-0.3, -0.25) is 9.59 Å². The van der Waals surface area contributed by atoms with E-state index < -0.39 is 5.91 Å². The molecule has 0 fully saturated rings. The van der Waals surface area contributed by atoms with Gasteiger partial charge in [-0.25, -0.2) is 4.90 Å². The molecule has 31 heavy (non-hydrogen) atoms. The summed E-state index contributed by atoms with van der Waals surface area (Å²) in [6, 6.07) is 21.7. The number of carbonyl (C=O) groups is 2. The number of aryl methyl sites for hydroxylation is 1. The monoisotopic (exact) mass is 450 g/mol. The van der Waals surface area contributed by atoms with E-state index in [2.05, 4.69) is 0 Å². The van der Waals surface area contributed by atoms with E-state index in [4.69, 9.17) is 23.2 Å². The lowest BCUT2D eigenvalue weighted by atomic mass is 10.0. The molecule has 4 rings (SSSR count). The minimum Gasteiger partial charge on any atom is -0.337 e. The van der Waals surface area contributed by atoms with Gasteiger partial charge >= 0.3 is 0 Å². The Balaban J connectivity index is 1.93. The lowest BCUT2D eigenvalue weighted by molar-refractivity contribution is -0.120. The van der Waals surface area contributed by atoms with Crippen LogP contribution in [0, 0.1) is 6.92 Å². The summed E-state index contributed by atoms with van der Waals surface area (Å²) in [6.45, 7) is 4.39. The number of imide groups is 1. The van der Waals surface area contributed by atoms with E-state index in [9.17, 15) is 9.59 Å². The van der Waals surface area contributed by atoms with Crippen LogP contribution in [0.25, 0.3) is 5.57 Å². The van der Waals surface area contributed by atoms with Crippen molar-refractivity contribution < 1.29 is 9.59 Å². The highest BCUT2D eigenvalue weighted by Gasteiger charge is 2.43. The number of rotatable bonds is 5. The molecule has 156 valence electrons. The molecule has 3 aromatic rings. The first-order valence-electron chi connectivity index (χ1n) is 9.90. The van der Waals surface area contributed by atoms with Gasteiger partial charge in [-0.2, -0.15) is 0 Å². The average molecular weight is 451 g/mol. The van der Waals surface area contributed by atoms with Crippen molar-refractivity contribution in [2.24, 2.45) is 0 Å². The highest BCUT2D eigenvalue weighted by molar-refractivity contribution is 6.48. The zero-order valence-electron chi connectivity index (χ0n) is 17.1. The van der Waals surface area contributed by atoms with Gasteiger partial charge in [-0.1, -0.05) is 65.2 Å². The van der Waals surface area contributed by atoms with E-state index in [-0.39, 0.29) is 11.5 Å². The first-order valence-corrected chi connectivity index (χ1v) is 10.7. The van der Waals surface area contributed by atoms with Crippen molar-refractivity contribution in [3.63, 3.8) is 0 Å². The zero-order valence-corrected chi connectivity index (χ0v) is 18.6. The second-order valence-corrected chi connectivity index (χ2v) is 8.05. The predicted octanol–water partition coefficient (Wildman–Crippen LogP) is 6.11. The molecule has 0 bridgehead atoms. The molecule has 0 atom stereocenters. The largest absolute Gasteiger partial charge is 0.337 e. The lowest BCUT2D eigenvalue weighted by Crippen LogP contribution is -2.35.